The zero-order chi connectivity index (χ0) is 8.91. The van der Waals surface area contributed by atoms with Gasteiger partial charge in [0.1, 0.15) is 0 Å². The fourth-order valence-electron chi connectivity index (χ4n) is 0.853. The lowest BCUT2D eigenvalue weighted by molar-refractivity contribution is -0.300. The van der Waals surface area contributed by atoms with Crippen molar-refractivity contribution < 1.29 is 26.3 Å². The minimum atomic E-state index is -5.13. The van der Waals surface area contributed by atoms with E-state index in [4.69, 9.17) is 0 Å². The summed E-state index contributed by atoms with van der Waals surface area (Å²) in [6.07, 6.45) is -11.9. The second-order valence-corrected chi connectivity index (χ2v) is 2.58. The maximum absolute atomic E-state index is 11.7. The van der Waals surface area contributed by atoms with Gasteiger partial charge in [0.25, 0.3) is 0 Å². The Kier molecular flexibility index (Phi) is 1.45. The molecule has 0 amide bonds. The first kappa shape index (κ1) is 8.67. The number of alkyl halides is 6. The molecule has 0 aromatic carbocycles. The Morgan fingerprint density at radius 3 is 1.00 bits per heavy atom. The molecule has 0 spiro atoms. The van der Waals surface area contributed by atoms with Crippen molar-refractivity contribution in [2.75, 3.05) is 0 Å². The molecule has 1 aliphatic carbocycles. The van der Waals surface area contributed by atoms with Crippen LogP contribution >= 0.6 is 0 Å². The molecule has 0 atom stereocenters. The molecule has 1 saturated carbocycles. The van der Waals surface area contributed by atoms with Crippen molar-refractivity contribution >= 4 is 0 Å². The molecule has 0 nitrogen and oxygen atoms in total. The molecule has 0 heterocycles. The third kappa shape index (κ3) is 1.08. The first-order valence-corrected chi connectivity index (χ1v) is 2.84. The molecular weight excluding hydrogens is 174 g/mol. The molecule has 0 N–H and O–H groups in total. The van der Waals surface area contributed by atoms with Crippen molar-refractivity contribution in [3.63, 3.8) is 0 Å². The van der Waals surface area contributed by atoms with Crippen LogP contribution < -0.4 is 0 Å². The summed E-state index contributed by atoms with van der Waals surface area (Å²) in [5.74, 6) is 0. The van der Waals surface area contributed by atoms with Crippen molar-refractivity contribution in [1.82, 2.24) is 0 Å². The van der Waals surface area contributed by atoms with Gasteiger partial charge in [0, 0.05) is 0 Å². The van der Waals surface area contributed by atoms with E-state index in [0.29, 0.717) is 0 Å². The van der Waals surface area contributed by atoms with Gasteiger partial charge in [-0.1, -0.05) is 0 Å². The first-order chi connectivity index (χ1) is 4.71. The minimum absolute atomic E-state index is 0.819. The summed E-state index contributed by atoms with van der Waals surface area (Å²) in [4.78, 5) is 0. The second-order valence-electron chi connectivity index (χ2n) is 2.58. The summed E-state index contributed by atoms with van der Waals surface area (Å²) in [6, 6.07) is 0. The smallest absolute Gasteiger partial charge is 0.170 e. The quantitative estimate of drug-likeness (QED) is 0.500. The molecule has 11 heavy (non-hydrogen) atoms. The topological polar surface area (TPSA) is 0 Å². The molecule has 66 valence electrons. The largest absolute Gasteiger partial charge is 0.403 e. The van der Waals surface area contributed by atoms with Gasteiger partial charge in [0.05, 0.1) is 0 Å². The summed E-state index contributed by atoms with van der Waals surface area (Å²) < 4.78 is 70.0. The molecule has 0 aromatic heterocycles. The zero-order valence-corrected chi connectivity index (χ0v) is 5.18. The Labute approximate surface area is 58.2 Å². The molecule has 1 rings (SSSR count). The van der Waals surface area contributed by atoms with E-state index in [-0.39, 0.29) is 0 Å². The van der Waals surface area contributed by atoms with Gasteiger partial charge in [-0.3, -0.25) is 0 Å². The Morgan fingerprint density at radius 2 is 1.00 bits per heavy atom. The van der Waals surface area contributed by atoms with Gasteiger partial charge < -0.3 is 0 Å². The highest BCUT2D eigenvalue weighted by Crippen LogP contribution is 2.66. The maximum atomic E-state index is 11.7. The third-order valence-electron chi connectivity index (χ3n) is 1.84. The SMILES string of the molecule is FC(F)(F)C1(C(F)(F)F)CC1. The standard InChI is InChI=1S/C5H4F6/c6-4(7,8)3(1-2-3)5(9,10)11/h1-2H2. The van der Waals surface area contributed by atoms with Gasteiger partial charge >= 0.3 is 12.4 Å². The molecule has 0 bridgehead atoms. The van der Waals surface area contributed by atoms with Gasteiger partial charge in [-0.2, -0.15) is 26.3 Å². The van der Waals surface area contributed by atoms with Crippen LogP contribution in [0.25, 0.3) is 0 Å². The Hall–Kier alpha value is -0.420. The molecule has 6 heteroatoms. The van der Waals surface area contributed by atoms with Crippen LogP contribution in [0.2, 0.25) is 0 Å². The molecule has 0 radical (unpaired) electrons. The fraction of sp³-hybridized carbons (Fsp3) is 1.00. The highest BCUT2D eigenvalue weighted by Gasteiger charge is 2.77. The van der Waals surface area contributed by atoms with E-state index in [9.17, 15) is 26.3 Å². The monoisotopic (exact) mass is 178 g/mol. The highest BCUT2D eigenvalue weighted by molar-refractivity contribution is 5.04. The predicted octanol–water partition coefficient (Wildman–Crippen LogP) is 2.89. The maximum Gasteiger partial charge on any atom is 0.403 e. The normalized spacial score (nSPS) is 23.5. The summed E-state index contributed by atoms with van der Waals surface area (Å²) in [5, 5.41) is 0. The zero-order valence-electron chi connectivity index (χ0n) is 5.18. The molecule has 1 fully saturated rings. The summed E-state index contributed by atoms with van der Waals surface area (Å²) in [6.45, 7) is 0. The van der Waals surface area contributed by atoms with Crippen LogP contribution in [0.5, 0.6) is 0 Å². The van der Waals surface area contributed by atoms with Crippen LogP contribution in [0.3, 0.4) is 0 Å². The van der Waals surface area contributed by atoms with Crippen molar-refractivity contribution in [3.8, 4) is 0 Å². The molecule has 0 aromatic rings. The van der Waals surface area contributed by atoms with Crippen molar-refractivity contribution in [2.24, 2.45) is 5.41 Å². The summed E-state index contributed by atoms with van der Waals surface area (Å²) in [5.41, 5.74) is -3.38. The first-order valence-electron chi connectivity index (χ1n) is 2.84. The molecular formula is C5H4F6. The number of hydrogen-bond acceptors (Lipinski definition) is 0. The fourth-order valence-corrected chi connectivity index (χ4v) is 0.853. The van der Waals surface area contributed by atoms with Crippen LogP contribution in [0.15, 0.2) is 0 Å². The lowest BCUT2D eigenvalue weighted by Crippen LogP contribution is -2.38. The van der Waals surface area contributed by atoms with Gasteiger partial charge in [0.2, 0.25) is 0 Å². The summed E-state index contributed by atoms with van der Waals surface area (Å²) >= 11 is 0. The minimum Gasteiger partial charge on any atom is -0.170 e. The number of rotatable bonds is 0. The second kappa shape index (κ2) is 1.84. The average molecular weight is 178 g/mol. The van der Waals surface area contributed by atoms with Crippen LogP contribution in [-0.2, 0) is 0 Å². The highest BCUT2D eigenvalue weighted by atomic mass is 19.4. The van der Waals surface area contributed by atoms with Crippen LogP contribution in [0.1, 0.15) is 12.8 Å². The van der Waals surface area contributed by atoms with E-state index in [2.05, 4.69) is 0 Å². The van der Waals surface area contributed by atoms with Crippen LogP contribution in [0, 0.1) is 5.41 Å². The Bertz CT molecular complexity index is 143. The lowest BCUT2D eigenvalue weighted by atomic mass is 10.1. The van der Waals surface area contributed by atoms with Crippen LogP contribution in [-0.4, -0.2) is 12.4 Å². The average Bonchev–Trinajstić information content (AvgIpc) is 2.31. The van der Waals surface area contributed by atoms with Crippen LogP contribution in [0.4, 0.5) is 26.3 Å². The van der Waals surface area contributed by atoms with E-state index in [1.165, 1.54) is 0 Å². The summed E-state index contributed by atoms with van der Waals surface area (Å²) in [7, 11) is 0. The van der Waals surface area contributed by atoms with Crippen molar-refractivity contribution in [3.05, 3.63) is 0 Å². The Balaban J connectivity index is 2.85. The lowest BCUT2D eigenvalue weighted by Gasteiger charge is -2.21. The van der Waals surface area contributed by atoms with Crippen molar-refractivity contribution in [2.45, 2.75) is 25.2 Å². The molecule has 0 saturated heterocycles. The van der Waals surface area contributed by atoms with Gasteiger partial charge in [-0.15, -0.1) is 0 Å². The van der Waals surface area contributed by atoms with E-state index >= 15 is 0 Å². The number of hydrogen-bond donors (Lipinski definition) is 0. The molecule has 0 aliphatic heterocycles. The van der Waals surface area contributed by atoms with E-state index in [1.807, 2.05) is 0 Å². The van der Waals surface area contributed by atoms with E-state index in [1.54, 1.807) is 0 Å². The third-order valence-corrected chi connectivity index (χ3v) is 1.84. The number of halogens is 6. The van der Waals surface area contributed by atoms with Crippen molar-refractivity contribution in [1.29, 1.82) is 0 Å². The Morgan fingerprint density at radius 1 is 0.727 bits per heavy atom. The van der Waals surface area contributed by atoms with E-state index in [0.717, 1.165) is 0 Å². The predicted molar refractivity (Wildman–Crippen MR) is 23.8 cm³/mol. The van der Waals surface area contributed by atoms with E-state index < -0.39 is 30.6 Å². The van der Waals surface area contributed by atoms with Gasteiger partial charge in [0.15, 0.2) is 5.41 Å². The van der Waals surface area contributed by atoms with Gasteiger partial charge in [-0.25, -0.2) is 0 Å². The molecule has 1 aliphatic rings. The molecule has 0 unspecified atom stereocenters. The van der Waals surface area contributed by atoms with Gasteiger partial charge in [-0.05, 0) is 12.8 Å².